The summed E-state index contributed by atoms with van der Waals surface area (Å²) in [6.07, 6.45) is 4.86. The van der Waals surface area contributed by atoms with E-state index in [0.717, 1.165) is 11.6 Å². The van der Waals surface area contributed by atoms with Gasteiger partial charge in [-0.2, -0.15) is 0 Å². The molecule has 0 amide bonds. The lowest BCUT2D eigenvalue weighted by Crippen LogP contribution is -2.01. The molecule has 0 heterocycles. The van der Waals surface area contributed by atoms with Crippen LogP contribution in [0.4, 0.5) is 5.69 Å². The van der Waals surface area contributed by atoms with Gasteiger partial charge in [-0.25, -0.2) is 0 Å². The molecular weight excluding hydrogens is 194 g/mol. The van der Waals surface area contributed by atoms with Crippen LogP contribution in [0.3, 0.4) is 0 Å². The Morgan fingerprint density at radius 1 is 1.31 bits per heavy atom. The zero-order valence-electron chi connectivity index (χ0n) is 10.5. The molecule has 0 bridgehead atoms. The van der Waals surface area contributed by atoms with E-state index in [2.05, 4.69) is 39.0 Å². The third-order valence-electron chi connectivity index (χ3n) is 3.44. The number of nitrogens with two attached hydrogens (primary N) is 1. The molecule has 1 heteroatoms. The topological polar surface area (TPSA) is 26.0 Å². The maximum absolute atomic E-state index is 6.10. The van der Waals surface area contributed by atoms with Crippen molar-refractivity contribution in [1.29, 1.82) is 0 Å². The summed E-state index contributed by atoms with van der Waals surface area (Å²) in [5, 5.41) is 0. The molecule has 0 radical (unpaired) electrons. The molecule has 0 fully saturated rings. The molecule has 2 rings (SSSR count). The smallest absolute Gasteiger partial charge is 0.0358 e. The Morgan fingerprint density at radius 3 is 2.75 bits per heavy atom. The van der Waals surface area contributed by atoms with E-state index in [1.54, 1.807) is 0 Å². The number of rotatable bonds is 3. The summed E-state index contributed by atoms with van der Waals surface area (Å²) in [5.74, 6) is 1.31. The predicted molar refractivity (Wildman–Crippen MR) is 71.3 cm³/mol. The molecule has 86 valence electrons. The highest BCUT2D eigenvalue weighted by Crippen LogP contribution is 2.41. The van der Waals surface area contributed by atoms with Crippen LogP contribution >= 0.6 is 0 Å². The van der Waals surface area contributed by atoms with Gasteiger partial charge in [0.05, 0.1) is 0 Å². The second kappa shape index (κ2) is 4.32. The summed E-state index contributed by atoms with van der Waals surface area (Å²) in [6, 6.07) is 6.26. The van der Waals surface area contributed by atoms with Crippen LogP contribution in [0.1, 0.15) is 50.7 Å². The lowest BCUT2D eigenvalue weighted by molar-refractivity contribution is 0.536. The minimum atomic E-state index is 0.540. The monoisotopic (exact) mass is 215 g/mol. The van der Waals surface area contributed by atoms with Gasteiger partial charge in [-0.1, -0.05) is 38.5 Å². The van der Waals surface area contributed by atoms with E-state index in [9.17, 15) is 0 Å². The molecule has 16 heavy (non-hydrogen) atoms. The van der Waals surface area contributed by atoms with Gasteiger partial charge in [0.2, 0.25) is 0 Å². The summed E-state index contributed by atoms with van der Waals surface area (Å²) in [5.41, 5.74) is 11.2. The van der Waals surface area contributed by atoms with Crippen molar-refractivity contribution in [3.8, 4) is 0 Å². The summed E-state index contributed by atoms with van der Waals surface area (Å²) < 4.78 is 0. The van der Waals surface area contributed by atoms with E-state index in [1.165, 1.54) is 29.5 Å². The molecule has 1 unspecified atom stereocenters. The highest BCUT2D eigenvalue weighted by atomic mass is 14.6. The molecule has 0 aliphatic heterocycles. The average Bonchev–Trinajstić information content (AvgIpc) is 2.55. The van der Waals surface area contributed by atoms with Crippen molar-refractivity contribution in [2.24, 2.45) is 5.92 Å². The Kier molecular flexibility index (Phi) is 3.04. The predicted octanol–water partition coefficient (Wildman–Crippen LogP) is 4.21. The number of allylic oxidation sites excluding steroid dienone is 2. The summed E-state index contributed by atoms with van der Waals surface area (Å²) in [4.78, 5) is 0. The van der Waals surface area contributed by atoms with Crippen LogP contribution in [0, 0.1) is 5.92 Å². The fourth-order valence-corrected chi connectivity index (χ4v) is 2.56. The molecule has 1 aromatic rings. The molecule has 1 aromatic carbocycles. The summed E-state index contributed by atoms with van der Waals surface area (Å²) in [7, 11) is 0. The Labute approximate surface area is 98.4 Å². The first-order valence-electron chi connectivity index (χ1n) is 6.16. The molecule has 0 spiro atoms. The van der Waals surface area contributed by atoms with Crippen molar-refractivity contribution in [3.05, 3.63) is 35.4 Å². The first kappa shape index (κ1) is 11.3. The zero-order valence-corrected chi connectivity index (χ0v) is 10.5. The highest BCUT2D eigenvalue weighted by molar-refractivity contribution is 5.78. The van der Waals surface area contributed by atoms with Gasteiger partial charge in [0, 0.05) is 11.6 Å². The molecule has 1 aliphatic carbocycles. The van der Waals surface area contributed by atoms with E-state index in [0.29, 0.717) is 5.92 Å². The van der Waals surface area contributed by atoms with Crippen LogP contribution in [0.25, 0.3) is 5.57 Å². The number of nitrogen functional groups attached to an aromatic ring is 1. The van der Waals surface area contributed by atoms with Gasteiger partial charge in [0.15, 0.2) is 0 Å². The molecule has 1 nitrogen and oxygen atoms in total. The SMILES string of the molecule is CC1=CC(CCC(C)C)c2c(N)cccc21. The second-order valence-corrected chi connectivity index (χ2v) is 5.24. The van der Waals surface area contributed by atoms with Crippen molar-refractivity contribution in [2.75, 3.05) is 5.73 Å². The Hall–Kier alpha value is -1.24. The first-order valence-corrected chi connectivity index (χ1v) is 6.16. The van der Waals surface area contributed by atoms with Crippen LogP contribution < -0.4 is 5.73 Å². The number of anilines is 1. The van der Waals surface area contributed by atoms with E-state index >= 15 is 0 Å². The Morgan fingerprint density at radius 2 is 2.06 bits per heavy atom. The summed E-state index contributed by atoms with van der Waals surface area (Å²) >= 11 is 0. The van der Waals surface area contributed by atoms with Gasteiger partial charge < -0.3 is 5.73 Å². The first-order chi connectivity index (χ1) is 7.59. The quantitative estimate of drug-likeness (QED) is 0.751. The Balaban J connectivity index is 2.26. The van der Waals surface area contributed by atoms with Crippen LogP contribution in [0.5, 0.6) is 0 Å². The van der Waals surface area contributed by atoms with Gasteiger partial charge in [0.25, 0.3) is 0 Å². The van der Waals surface area contributed by atoms with E-state index in [1.807, 2.05) is 6.07 Å². The van der Waals surface area contributed by atoms with Gasteiger partial charge >= 0.3 is 0 Å². The Bertz CT molecular complexity index is 415. The molecule has 1 aliphatic rings. The van der Waals surface area contributed by atoms with E-state index in [4.69, 9.17) is 5.73 Å². The van der Waals surface area contributed by atoms with Crippen LogP contribution in [-0.2, 0) is 0 Å². The number of fused-ring (bicyclic) bond motifs is 1. The third kappa shape index (κ3) is 1.99. The number of hydrogen-bond donors (Lipinski definition) is 1. The van der Waals surface area contributed by atoms with Gasteiger partial charge in [-0.15, -0.1) is 0 Å². The fourth-order valence-electron chi connectivity index (χ4n) is 2.56. The van der Waals surface area contributed by atoms with Crippen LogP contribution in [0.15, 0.2) is 24.3 Å². The number of hydrogen-bond acceptors (Lipinski definition) is 1. The van der Waals surface area contributed by atoms with Gasteiger partial charge in [-0.3, -0.25) is 0 Å². The average molecular weight is 215 g/mol. The van der Waals surface area contributed by atoms with Crippen LogP contribution in [-0.4, -0.2) is 0 Å². The maximum Gasteiger partial charge on any atom is 0.0358 e. The third-order valence-corrected chi connectivity index (χ3v) is 3.44. The van der Waals surface area contributed by atoms with Crippen molar-refractivity contribution in [1.82, 2.24) is 0 Å². The maximum atomic E-state index is 6.10. The molecule has 2 N–H and O–H groups in total. The van der Waals surface area contributed by atoms with Crippen LogP contribution in [0.2, 0.25) is 0 Å². The fraction of sp³-hybridized carbons (Fsp3) is 0.467. The molecular formula is C15H21N. The molecule has 0 saturated carbocycles. The standard InChI is InChI=1S/C15H21N/c1-10(2)7-8-12-9-11(3)13-5-4-6-14(16)15(12)13/h4-6,9-10,12H,7-8,16H2,1-3H3. The minimum Gasteiger partial charge on any atom is -0.398 e. The summed E-state index contributed by atoms with van der Waals surface area (Å²) in [6.45, 7) is 6.75. The largest absolute Gasteiger partial charge is 0.398 e. The van der Waals surface area contributed by atoms with Gasteiger partial charge in [0.1, 0.15) is 0 Å². The van der Waals surface area contributed by atoms with Crippen molar-refractivity contribution in [3.63, 3.8) is 0 Å². The zero-order chi connectivity index (χ0) is 11.7. The highest BCUT2D eigenvalue weighted by Gasteiger charge is 2.22. The minimum absolute atomic E-state index is 0.540. The van der Waals surface area contributed by atoms with E-state index in [-0.39, 0.29) is 0 Å². The lowest BCUT2D eigenvalue weighted by atomic mass is 9.92. The molecule has 1 atom stereocenters. The normalized spacial score (nSPS) is 18.8. The van der Waals surface area contributed by atoms with Gasteiger partial charge in [-0.05, 0) is 42.0 Å². The van der Waals surface area contributed by atoms with E-state index < -0.39 is 0 Å². The lowest BCUT2D eigenvalue weighted by Gasteiger charge is -2.14. The molecule has 0 aromatic heterocycles. The number of benzene rings is 1. The second-order valence-electron chi connectivity index (χ2n) is 5.24. The van der Waals surface area contributed by atoms with Crippen molar-refractivity contribution < 1.29 is 0 Å². The molecule has 0 saturated heterocycles. The van der Waals surface area contributed by atoms with Crippen molar-refractivity contribution in [2.45, 2.75) is 39.5 Å². The van der Waals surface area contributed by atoms with Crippen molar-refractivity contribution >= 4 is 11.3 Å².